The smallest absolute Gasteiger partial charge is 0.288 e. The summed E-state index contributed by atoms with van der Waals surface area (Å²) in [6.07, 6.45) is 0. The molecule has 1 heterocycles. The molecule has 0 atom stereocenters. The van der Waals surface area contributed by atoms with E-state index in [1.165, 1.54) is 12.1 Å². The lowest BCUT2D eigenvalue weighted by Gasteiger charge is -2.15. The molecule has 0 saturated heterocycles. The zero-order chi connectivity index (χ0) is 18.7. The maximum absolute atomic E-state index is 10.9. The number of halogens is 1. The van der Waals surface area contributed by atoms with Gasteiger partial charge < -0.3 is 4.42 Å². The molecule has 0 aliphatic rings. The van der Waals surface area contributed by atoms with Crippen molar-refractivity contribution in [3.05, 3.63) is 74.1 Å². The first-order valence-corrected chi connectivity index (χ1v) is 8.47. The number of nitro groups is 1. The average molecular weight is 391 g/mol. The van der Waals surface area contributed by atoms with Gasteiger partial charge in [-0.2, -0.15) is 0 Å². The van der Waals surface area contributed by atoms with Crippen molar-refractivity contribution in [2.24, 2.45) is 0 Å². The monoisotopic (exact) mass is 390 g/mol. The summed E-state index contributed by atoms with van der Waals surface area (Å²) in [7, 11) is 1.93. The molecule has 0 amide bonds. The summed E-state index contributed by atoms with van der Waals surface area (Å²) in [6.45, 7) is 1.10. The fourth-order valence-corrected chi connectivity index (χ4v) is 2.75. The highest BCUT2D eigenvalue weighted by molar-refractivity contribution is 7.71. The van der Waals surface area contributed by atoms with Gasteiger partial charge in [-0.25, -0.2) is 4.68 Å². The zero-order valence-corrected chi connectivity index (χ0v) is 15.4. The van der Waals surface area contributed by atoms with Gasteiger partial charge in [0.2, 0.25) is 5.89 Å². The summed E-state index contributed by atoms with van der Waals surface area (Å²) in [5.74, 6) is 0.249. The minimum absolute atomic E-state index is 0.0296. The third-order valence-corrected chi connectivity index (χ3v) is 4.20. The van der Waals surface area contributed by atoms with Crippen LogP contribution in [0.15, 0.2) is 52.9 Å². The largest absolute Gasteiger partial charge is 0.409 e. The van der Waals surface area contributed by atoms with E-state index >= 15 is 0 Å². The van der Waals surface area contributed by atoms with Gasteiger partial charge in [-0.05, 0) is 43.0 Å². The Hall–Kier alpha value is -2.55. The van der Waals surface area contributed by atoms with Gasteiger partial charge >= 0.3 is 0 Å². The Morgan fingerprint density at radius 1 is 1.31 bits per heavy atom. The molecule has 7 nitrogen and oxygen atoms in total. The van der Waals surface area contributed by atoms with E-state index in [4.69, 9.17) is 28.2 Å². The third kappa shape index (κ3) is 4.34. The highest BCUT2D eigenvalue weighted by Crippen LogP contribution is 2.23. The number of aromatic nitrogens is 2. The van der Waals surface area contributed by atoms with Crippen LogP contribution in [0, 0.1) is 15.0 Å². The van der Waals surface area contributed by atoms with Gasteiger partial charge in [-0.3, -0.25) is 15.0 Å². The van der Waals surface area contributed by atoms with Crippen molar-refractivity contribution in [1.82, 2.24) is 14.7 Å². The van der Waals surface area contributed by atoms with Gasteiger partial charge in [0, 0.05) is 29.3 Å². The SMILES string of the molecule is CN(Cc1ccc(Cl)cc1)Cn1nc(-c2cccc([N+](=O)[O-])c2)oc1=S. The van der Waals surface area contributed by atoms with Crippen molar-refractivity contribution in [1.29, 1.82) is 0 Å². The van der Waals surface area contributed by atoms with Crippen molar-refractivity contribution in [2.45, 2.75) is 13.2 Å². The Kier molecular flexibility index (Phi) is 5.46. The van der Waals surface area contributed by atoms with Gasteiger partial charge in [0.05, 0.1) is 11.6 Å². The van der Waals surface area contributed by atoms with Crippen LogP contribution in [0.3, 0.4) is 0 Å². The van der Waals surface area contributed by atoms with Crippen molar-refractivity contribution in [3.63, 3.8) is 0 Å². The second kappa shape index (κ2) is 7.77. The molecule has 2 aromatic carbocycles. The first-order chi connectivity index (χ1) is 12.4. The summed E-state index contributed by atoms with van der Waals surface area (Å²) in [5, 5.41) is 15.9. The minimum Gasteiger partial charge on any atom is -0.409 e. The highest BCUT2D eigenvalue weighted by atomic mass is 35.5. The maximum Gasteiger partial charge on any atom is 0.288 e. The van der Waals surface area contributed by atoms with Crippen LogP contribution in [0.1, 0.15) is 5.56 Å². The molecule has 0 N–H and O–H groups in total. The van der Waals surface area contributed by atoms with E-state index < -0.39 is 4.92 Å². The lowest BCUT2D eigenvalue weighted by atomic mass is 10.2. The van der Waals surface area contributed by atoms with Crippen LogP contribution in [0.2, 0.25) is 5.02 Å². The van der Waals surface area contributed by atoms with E-state index in [1.807, 2.05) is 36.2 Å². The molecule has 1 aromatic heterocycles. The lowest BCUT2D eigenvalue weighted by molar-refractivity contribution is -0.384. The predicted octanol–water partition coefficient (Wildman–Crippen LogP) is 4.52. The Morgan fingerprint density at radius 2 is 2.04 bits per heavy atom. The zero-order valence-electron chi connectivity index (χ0n) is 13.8. The molecule has 3 rings (SSSR count). The maximum atomic E-state index is 10.9. The van der Waals surface area contributed by atoms with Crippen molar-refractivity contribution in [3.8, 4) is 11.5 Å². The molecule has 0 saturated carbocycles. The van der Waals surface area contributed by atoms with Crippen LogP contribution in [-0.4, -0.2) is 26.7 Å². The molecule has 134 valence electrons. The van der Waals surface area contributed by atoms with E-state index in [-0.39, 0.29) is 16.4 Å². The molecular weight excluding hydrogens is 376 g/mol. The molecule has 0 bridgehead atoms. The van der Waals surface area contributed by atoms with Crippen molar-refractivity contribution >= 4 is 29.5 Å². The van der Waals surface area contributed by atoms with Crippen molar-refractivity contribution in [2.75, 3.05) is 7.05 Å². The first kappa shape index (κ1) is 18.2. The quantitative estimate of drug-likeness (QED) is 0.349. The fraction of sp³-hybridized carbons (Fsp3) is 0.176. The topological polar surface area (TPSA) is 77.3 Å². The number of benzene rings is 2. The number of rotatable bonds is 6. The summed E-state index contributed by atoms with van der Waals surface area (Å²) in [4.78, 5) is 12.7. The van der Waals surface area contributed by atoms with Gasteiger partial charge in [-0.1, -0.05) is 29.8 Å². The highest BCUT2D eigenvalue weighted by Gasteiger charge is 2.13. The van der Waals surface area contributed by atoms with Crippen LogP contribution in [0.25, 0.3) is 11.5 Å². The Bertz CT molecular complexity index is 984. The molecule has 3 aromatic rings. The summed E-state index contributed by atoms with van der Waals surface area (Å²) >= 11 is 11.1. The van der Waals surface area contributed by atoms with E-state index in [2.05, 4.69) is 5.10 Å². The molecule has 0 unspecified atom stereocenters. The molecule has 0 spiro atoms. The van der Waals surface area contributed by atoms with Crippen molar-refractivity contribution < 1.29 is 9.34 Å². The van der Waals surface area contributed by atoms with Crippen LogP contribution in [0.5, 0.6) is 0 Å². The molecule has 0 fully saturated rings. The second-order valence-electron chi connectivity index (χ2n) is 5.76. The first-order valence-electron chi connectivity index (χ1n) is 7.68. The Labute approximate surface area is 159 Å². The molecule has 26 heavy (non-hydrogen) atoms. The minimum atomic E-state index is -0.463. The summed E-state index contributed by atoms with van der Waals surface area (Å²) in [5.41, 5.74) is 1.58. The van der Waals surface area contributed by atoms with E-state index in [0.717, 1.165) is 5.56 Å². The van der Waals surface area contributed by atoms with Gasteiger partial charge in [0.1, 0.15) is 0 Å². The number of hydrogen-bond acceptors (Lipinski definition) is 6. The standard InChI is InChI=1S/C17H15ClN4O3S/c1-20(10-12-5-7-14(18)8-6-12)11-21-17(26)25-16(19-21)13-3-2-4-15(9-13)22(23)24/h2-9H,10-11H2,1H3. The molecule has 9 heteroatoms. The normalized spacial score (nSPS) is 11.0. The number of nitro benzene ring substituents is 1. The molecule has 0 aliphatic heterocycles. The fourth-order valence-electron chi connectivity index (χ4n) is 2.44. The van der Waals surface area contributed by atoms with Crippen LogP contribution < -0.4 is 0 Å². The van der Waals surface area contributed by atoms with Gasteiger partial charge in [0.25, 0.3) is 10.5 Å². The van der Waals surface area contributed by atoms with Crippen LogP contribution in [-0.2, 0) is 13.2 Å². The average Bonchev–Trinajstić information content (AvgIpc) is 2.97. The van der Waals surface area contributed by atoms with Crippen LogP contribution >= 0.6 is 23.8 Å². The van der Waals surface area contributed by atoms with Gasteiger partial charge in [-0.15, -0.1) is 5.10 Å². The van der Waals surface area contributed by atoms with Gasteiger partial charge in [0.15, 0.2) is 0 Å². The van der Waals surface area contributed by atoms with E-state index in [9.17, 15) is 10.1 Å². The molecular formula is C17H15ClN4O3S. The third-order valence-electron chi connectivity index (χ3n) is 3.65. The summed E-state index contributed by atoms with van der Waals surface area (Å²) in [6, 6.07) is 13.7. The van der Waals surface area contributed by atoms with E-state index in [0.29, 0.717) is 23.8 Å². The summed E-state index contributed by atoms with van der Waals surface area (Å²) < 4.78 is 7.04. The lowest BCUT2D eigenvalue weighted by Crippen LogP contribution is -2.22. The Balaban J connectivity index is 1.75. The number of nitrogens with zero attached hydrogens (tertiary/aromatic N) is 4. The number of non-ortho nitro benzene ring substituents is 1. The second-order valence-corrected chi connectivity index (χ2v) is 6.55. The molecule has 0 radical (unpaired) electrons. The molecule has 0 aliphatic carbocycles. The predicted molar refractivity (Wildman–Crippen MR) is 100 cm³/mol. The van der Waals surface area contributed by atoms with Crippen LogP contribution in [0.4, 0.5) is 5.69 Å². The Morgan fingerprint density at radius 3 is 2.73 bits per heavy atom. The number of hydrogen-bond donors (Lipinski definition) is 0. The van der Waals surface area contributed by atoms with E-state index in [1.54, 1.807) is 16.8 Å².